The highest BCUT2D eigenvalue weighted by Crippen LogP contribution is 2.23. The van der Waals surface area contributed by atoms with E-state index in [2.05, 4.69) is 35.1 Å². The van der Waals surface area contributed by atoms with Gasteiger partial charge in [-0.25, -0.2) is 15.9 Å². The first kappa shape index (κ1) is 13.9. The molecule has 0 aromatic heterocycles. The average molecular weight is 280 g/mol. The van der Waals surface area contributed by atoms with Gasteiger partial charge < -0.3 is 4.74 Å². The quantitative estimate of drug-likeness (QED) is 0.678. The fourth-order valence-electron chi connectivity index (χ4n) is 3.40. The van der Waals surface area contributed by atoms with Crippen LogP contribution in [0.2, 0.25) is 0 Å². The molecule has 6 nitrogen and oxygen atoms in total. The Bertz CT molecular complexity index is 391. The van der Waals surface area contributed by atoms with Crippen LogP contribution in [0.4, 0.5) is 0 Å². The van der Waals surface area contributed by atoms with Crippen molar-refractivity contribution in [3.63, 3.8) is 0 Å². The smallest absolute Gasteiger partial charge is 0.253 e. The second kappa shape index (κ2) is 5.71. The molecule has 0 aromatic rings. The highest BCUT2D eigenvalue weighted by molar-refractivity contribution is 5.82. The maximum atomic E-state index is 12.5. The van der Waals surface area contributed by atoms with E-state index in [1.165, 1.54) is 6.42 Å². The van der Waals surface area contributed by atoms with Gasteiger partial charge in [-0.05, 0) is 32.8 Å². The van der Waals surface area contributed by atoms with E-state index >= 15 is 0 Å². The van der Waals surface area contributed by atoms with Crippen molar-refractivity contribution >= 4 is 5.91 Å². The van der Waals surface area contributed by atoms with E-state index in [0.717, 1.165) is 12.8 Å². The zero-order valence-corrected chi connectivity index (χ0v) is 12.1. The SMILES string of the molecule is CC1CCCC(C)N1NC(=O)C1NNC2C=COCC21. The Morgan fingerprint density at radius 1 is 1.30 bits per heavy atom. The second-order valence-corrected chi connectivity index (χ2v) is 6.13. The number of hydrazine groups is 2. The maximum absolute atomic E-state index is 12.5. The van der Waals surface area contributed by atoms with Crippen molar-refractivity contribution in [3.8, 4) is 0 Å². The lowest BCUT2D eigenvalue weighted by molar-refractivity contribution is -0.132. The molecule has 3 heterocycles. The van der Waals surface area contributed by atoms with Gasteiger partial charge in [0.15, 0.2) is 0 Å². The van der Waals surface area contributed by atoms with Crippen LogP contribution in [0.25, 0.3) is 0 Å². The molecule has 3 rings (SSSR count). The van der Waals surface area contributed by atoms with Gasteiger partial charge in [0, 0.05) is 18.0 Å². The predicted molar refractivity (Wildman–Crippen MR) is 75.2 cm³/mol. The number of nitrogens with one attached hydrogen (secondary N) is 3. The zero-order chi connectivity index (χ0) is 14.1. The van der Waals surface area contributed by atoms with Crippen LogP contribution in [0.3, 0.4) is 0 Å². The molecular formula is C14H24N4O2. The van der Waals surface area contributed by atoms with Gasteiger partial charge in [-0.15, -0.1) is 0 Å². The summed E-state index contributed by atoms with van der Waals surface area (Å²) in [6.45, 7) is 4.92. The van der Waals surface area contributed by atoms with E-state index in [4.69, 9.17) is 4.74 Å². The molecule has 3 aliphatic heterocycles. The Labute approximate surface area is 119 Å². The van der Waals surface area contributed by atoms with Crippen molar-refractivity contribution in [3.05, 3.63) is 12.3 Å². The van der Waals surface area contributed by atoms with Gasteiger partial charge in [0.2, 0.25) is 0 Å². The topological polar surface area (TPSA) is 65.6 Å². The number of fused-ring (bicyclic) bond motifs is 1. The van der Waals surface area contributed by atoms with E-state index in [0.29, 0.717) is 18.7 Å². The van der Waals surface area contributed by atoms with Crippen LogP contribution < -0.4 is 16.3 Å². The zero-order valence-electron chi connectivity index (χ0n) is 12.1. The van der Waals surface area contributed by atoms with Crippen LogP contribution in [-0.4, -0.2) is 41.7 Å². The maximum Gasteiger partial charge on any atom is 0.253 e. The molecule has 3 N–H and O–H groups in total. The predicted octanol–water partition coefficient (Wildman–Crippen LogP) is 0.286. The van der Waals surface area contributed by atoms with Crippen molar-refractivity contribution in [1.29, 1.82) is 0 Å². The van der Waals surface area contributed by atoms with Crippen LogP contribution in [0.5, 0.6) is 0 Å². The molecule has 3 aliphatic rings. The summed E-state index contributed by atoms with van der Waals surface area (Å²) in [5.74, 6) is 0.180. The number of carbonyl (C=O) groups excluding carboxylic acids is 1. The normalized spacial score (nSPS) is 41.0. The van der Waals surface area contributed by atoms with Crippen LogP contribution >= 0.6 is 0 Å². The average Bonchev–Trinajstić information content (AvgIpc) is 2.87. The Morgan fingerprint density at radius 3 is 2.80 bits per heavy atom. The van der Waals surface area contributed by atoms with Gasteiger partial charge in [-0.3, -0.25) is 10.2 Å². The number of rotatable bonds is 2. The molecule has 0 aliphatic carbocycles. The van der Waals surface area contributed by atoms with E-state index in [1.807, 2.05) is 6.08 Å². The fraction of sp³-hybridized carbons (Fsp3) is 0.786. The van der Waals surface area contributed by atoms with Crippen molar-refractivity contribution in [1.82, 2.24) is 21.3 Å². The number of hydrogen-bond donors (Lipinski definition) is 3. The Kier molecular flexibility index (Phi) is 3.96. The van der Waals surface area contributed by atoms with Crippen LogP contribution in [0, 0.1) is 5.92 Å². The number of piperidine rings is 1. The summed E-state index contributed by atoms with van der Waals surface area (Å²) in [7, 11) is 0. The first-order valence-electron chi connectivity index (χ1n) is 7.55. The van der Waals surface area contributed by atoms with Gasteiger partial charge in [-0.2, -0.15) is 0 Å². The first-order valence-corrected chi connectivity index (χ1v) is 7.55. The van der Waals surface area contributed by atoms with Gasteiger partial charge in [-0.1, -0.05) is 6.42 Å². The largest absolute Gasteiger partial charge is 0.501 e. The molecule has 112 valence electrons. The summed E-state index contributed by atoms with van der Waals surface area (Å²) >= 11 is 0. The number of nitrogens with zero attached hydrogens (tertiary/aromatic N) is 1. The lowest BCUT2D eigenvalue weighted by Gasteiger charge is -2.39. The molecule has 0 aromatic carbocycles. The summed E-state index contributed by atoms with van der Waals surface area (Å²) < 4.78 is 5.34. The monoisotopic (exact) mass is 280 g/mol. The summed E-state index contributed by atoms with van der Waals surface area (Å²) in [4.78, 5) is 12.5. The van der Waals surface area contributed by atoms with E-state index in [1.54, 1.807) is 6.26 Å². The van der Waals surface area contributed by atoms with Gasteiger partial charge in [0.1, 0.15) is 6.04 Å². The van der Waals surface area contributed by atoms with Gasteiger partial charge in [0.25, 0.3) is 5.91 Å². The third-order valence-corrected chi connectivity index (χ3v) is 4.68. The van der Waals surface area contributed by atoms with Crippen molar-refractivity contribution in [2.45, 2.75) is 57.3 Å². The molecule has 2 fully saturated rings. The minimum Gasteiger partial charge on any atom is -0.501 e. The van der Waals surface area contributed by atoms with Crippen LogP contribution in [0.15, 0.2) is 12.3 Å². The van der Waals surface area contributed by atoms with Crippen molar-refractivity contribution in [2.24, 2.45) is 5.92 Å². The molecule has 20 heavy (non-hydrogen) atoms. The summed E-state index contributed by atoms with van der Waals surface area (Å²) in [5.41, 5.74) is 9.36. The summed E-state index contributed by atoms with van der Waals surface area (Å²) in [5, 5.41) is 2.11. The summed E-state index contributed by atoms with van der Waals surface area (Å²) in [6, 6.07) is 0.729. The molecule has 0 radical (unpaired) electrons. The third-order valence-electron chi connectivity index (χ3n) is 4.68. The molecule has 2 saturated heterocycles. The summed E-state index contributed by atoms with van der Waals surface area (Å²) in [6.07, 6.45) is 7.17. The van der Waals surface area contributed by atoms with Gasteiger partial charge >= 0.3 is 0 Å². The van der Waals surface area contributed by atoms with Crippen LogP contribution in [0.1, 0.15) is 33.1 Å². The third kappa shape index (κ3) is 2.55. The number of carbonyl (C=O) groups is 1. The Balaban J connectivity index is 1.63. The molecule has 0 bridgehead atoms. The minimum atomic E-state index is -0.244. The van der Waals surface area contributed by atoms with Gasteiger partial charge in [0.05, 0.1) is 18.9 Å². The van der Waals surface area contributed by atoms with E-state index in [9.17, 15) is 4.79 Å². The lowest BCUT2D eigenvalue weighted by Crippen LogP contribution is -2.58. The van der Waals surface area contributed by atoms with Crippen molar-refractivity contribution in [2.75, 3.05) is 6.61 Å². The molecule has 0 spiro atoms. The highest BCUT2D eigenvalue weighted by atomic mass is 16.5. The fourth-order valence-corrected chi connectivity index (χ4v) is 3.40. The molecule has 6 heteroatoms. The molecule has 5 unspecified atom stereocenters. The Hall–Kier alpha value is -1.11. The number of ether oxygens (including phenoxy) is 1. The molecule has 0 saturated carbocycles. The first-order chi connectivity index (χ1) is 9.66. The van der Waals surface area contributed by atoms with E-state index < -0.39 is 0 Å². The standard InChI is InChI=1S/C14H24N4O2/c1-9-4-3-5-10(2)18(9)17-14(19)13-11-8-20-7-6-12(11)15-16-13/h6-7,9-13,15-16H,3-5,8H2,1-2H3,(H,17,19). The molecule has 5 atom stereocenters. The number of hydrogen-bond acceptors (Lipinski definition) is 5. The van der Waals surface area contributed by atoms with Crippen LogP contribution in [-0.2, 0) is 9.53 Å². The highest BCUT2D eigenvalue weighted by Gasteiger charge is 2.41. The number of amides is 1. The molecular weight excluding hydrogens is 256 g/mol. The van der Waals surface area contributed by atoms with E-state index in [-0.39, 0.29) is 23.9 Å². The lowest BCUT2D eigenvalue weighted by atomic mass is 9.93. The van der Waals surface area contributed by atoms with Crippen molar-refractivity contribution < 1.29 is 9.53 Å². The molecule has 1 amide bonds. The Morgan fingerprint density at radius 2 is 2.05 bits per heavy atom. The second-order valence-electron chi connectivity index (χ2n) is 6.13. The minimum absolute atomic E-state index is 0.0319.